The number of pyridine rings is 1. The number of hydrogen-bond acceptors (Lipinski definition) is 6. The summed E-state index contributed by atoms with van der Waals surface area (Å²) in [5.41, 5.74) is -1.31. The van der Waals surface area contributed by atoms with Crippen LogP contribution in [-0.4, -0.2) is 43.0 Å². The van der Waals surface area contributed by atoms with Gasteiger partial charge in [0.1, 0.15) is 10.5 Å². The minimum absolute atomic E-state index is 0.0222. The third-order valence-corrected chi connectivity index (χ3v) is 5.55. The Kier molecular flexibility index (Phi) is 4.78. The molecule has 0 aromatic carbocycles. The molecule has 1 fully saturated rings. The number of hydrogen-bond donors (Lipinski definition) is 4. The number of fused-ring (bicyclic) bond motifs is 1. The summed E-state index contributed by atoms with van der Waals surface area (Å²) in [6.45, 7) is 2.25. The smallest absolute Gasteiger partial charge is 0.316 e. The number of aromatic amines is 2. The van der Waals surface area contributed by atoms with Crippen molar-refractivity contribution in [2.75, 3.05) is 19.6 Å². The first-order chi connectivity index (χ1) is 11.5. The second-order valence-corrected chi connectivity index (χ2v) is 7.64. The first-order valence-corrected chi connectivity index (χ1v) is 9.27. The van der Waals surface area contributed by atoms with Gasteiger partial charge in [-0.25, -0.2) is 22.9 Å². The van der Waals surface area contributed by atoms with Gasteiger partial charge in [0.15, 0.2) is 0 Å². The number of H-pyrrole nitrogens is 2. The van der Waals surface area contributed by atoms with Crippen molar-refractivity contribution in [1.29, 1.82) is 0 Å². The van der Waals surface area contributed by atoms with Crippen molar-refractivity contribution in [2.24, 2.45) is 5.92 Å². The van der Waals surface area contributed by atoms with E-state index in [1.54, 1.807) is 0 Å². The average molecular weight is 353 g/mol. The summed E-state index contributed by atoms with van der Waals surface area (Å²) in [5, 5.41) is 3.31. The zero-order valence-electron chi connectivity index (χ0n) is 13.0. The normalized spacial score (nSPS) is 18.8. The molecule has 1 saturated heterocycles. The summed E-state index contributed by atoms with van der Waals surface area (Å²) in [6.07, 6.45) is 4.07. The standard InChI is InChI=1S/C14H19N5O4S/c20-13-11-6-10(8-16-12(11)18-14(21)19-13)24(22,23)17-5-3-9-2-1-4-15-7-9/h6,8-9,15,17H,1-5,7H2,(H2,16,18,19,20,21). The highest BCUT2D eigenvalue weighted by molar-refractivity contribution is 7.89. The summed E-state index contributed by atoms with van der Waals surface area (Å²) < 4.78 is 27.2. The van der Waals surface area contributed by atoms with E-state index in [0.717, 1.165) is 38.5 Å². The maximum atomic E-state index is 12.3. The Hall–Kier alpha value is -2.04. The Morgan fingerprint density at radius 1 is 1.29 bits per heavy atom. The molecule has 130 valence electrons. The molecule has 2 aromatic rings. The number of nitrogens with zero attached hydrogens (tertiary/aromatic N) is 1. The van der Waals surface area contributed by atoms with Crippen LogP contribution in [0.4, 0.5) is 0 Å². The molecule has 0 radical (unpaired) electrons. The van der Waals surface area contributed by atoms with E-state index in [2.05, 4.69) is 20.0 Å². The van der Waals surface area contributed by atoms with Gasteiger partial charge < -0.3 is 5.32 Å². The van der Waals surface area contributed by atoms with E-state index < -0.39 is 21.3 Å². The molecule has 1 aliphatic heterocycles. The van der Waals surface area contributed by atoms with E-state index in [9.17, 15) is 18.0 Å². The molecular formula is C14H19N5O4S. The minimum Gasteiger partial charge on any atom is -0.316 e. The van der Waals surface area contributed by atoms with Crippen molar-refractivity contribution in [3.05, 3.63) is 33.1 Å². The van der Waals surface area contributed by atoms with Crippen molar-refractivity contribution >= 4 is 21.1 Å². The van der Waals surface area contributed by atoms with Crippen molar-refractivity contribution in [3.63, 3.8) is 0 Å². The molecule has 0 amide bonds. The third kappa shape index (κ3) is 3.71. The second kappa shape index (κ2) is 6.83. The van der Waals surface area contributed by atoms with E-state index in [1.807, 2.05) is 4.98 Å². The van der Waals surface area contributed by atoms with Crippen LogP contribution >= 0.6 is 0 Å². The van der Waals surface area contributed by atoms with Crippen molar-refractivity contribution in [3.8, 4) is 0 Å². The molecule has 4 N–H and O–H groups in total. The number of sulfonamides is 1. The highest BCUT2D eigenvalue weighted by atomic mass is 32.2. The van der Waals surface area contributed by atoms with Gasteiger partial charge in [0.2, 0.25) is 10.0 Å². The van der Waals surface area contributed by atoms with Crippen LogP contribution in [0.5, 0.6) is 0 Å². The number of nitrogens with one attached hydrogen (secondary N) is 4. The Balaban J connectivity index is 1.75. The van der Waals surface area contributed by atoms with E-state index in [1.165, 1.54) is 6.07 Å². The maximum absolute atomic E-state index is 12.3. The summed E-state index contributed by atoms with van der Waals surface area (Å²) in [4.78, 5) is 31.1. The Morgan fingerprint density at radius 2 is 2.12 bits per heavy atom. The molecule has 2 aromatic heterocycles. The second-order valence-electron chi connectivity index (χ2n) is 5.87. The fourth-order valence-electron chi connectivity index (χ4n) is 2.83. The lowest BCUT2D eigenvalue weighted by Gasteiger charge is -2.22. The maximum Gasteiger partial charge on any atom is 0.327 e. The first-order valence-electron chi connectivity index (χ1n) is 7.78. The molecule has 10 heteroatoms. The fraction of sp³-hybridized carbons (Fsp3) is 0.500. The van der Waals surface area contributed by atoms with Crippen LogP contribution in [0.3, 0.4) is 0 Å². The predicted octanol–water partition coefficient (Wildman–Crippen LogP) is -0.721. The molecule has 1 unspecified atom stereocenters. The number of piperidine rings is 1. The molecule has 3 rings (SSSR count). The molecule has 1 aliphatic rings. The molecule has 0 saturated carbocycles. The SMILES string of the molecule is O=c1[nH]c(=O)c2cc(S(=O)(=O)NCCC3CCCNC3)cnc2[nH]1. The first kappa shape index (κ1) is 16.8. The van der Waals surface area contributed by atoms with Crippen LogP contribution in [-0.2, 0) is 10.0 Å². The van der Waals surface area contributed by atoms with Gasteiger partial charge in [0, 0.05) is 12.7 Å². The van der Waals surface area contributed by atoms with Gasteiger partial charge in [-0.1, -0.05) is 0 Å². The summed E-state index contributed by atoms with van der Waals surface area (Å²) in [6, 6.07) is 1.21. The van der Waals surface area contributed by atoms with E-state index in [0.29, 0.717) is 12.5 Å². The van der Waals surface area contributed by atoms with Gasteiger partial charge in [0.25, 0.3) is 5.56 Å². The fourth-order valence-corrected chi connectivity index (χ4v) is 3.84. The van der Waals surface area contributed by atoms with Crippen LogP contribution in [0, 0.1) is 5.92 Å². The van der Waals surface area contributed by atoms with E-state index in [-0.39, 0.29) is 15.9 Å². The lowest BCUT2D eigenvalue weighted by molar-refractivity contribution is 0.358. The van der Waals surface area contributed by atoms with Gasteiger partial charge in [-0.05, 0) is 44.3 Å². The van der Waals surface area contributed by atoms with Crippen LogP contribution in [0.25, 0.3) is 11.0 Å². The minimum atomic E-state index is -3.76. The van der Waals surface area contributed by atoms with Crippen molar-refractivity contribution < 1.29 is 8.42 Å². The summed E-state index contributed by atoms with van der Waals surface area (Å²) in [5.74, 6) is 0.462. The van der Waals surface area contributed by atoms with E-state index >= 15 is 0 Å². The van der Waals surface area contributed by atoms with Gasteiger partial charge in [-0.15, -0.1) is 0 Å². The lowest BCUT2D eigenvalue weighted by atomic mass is 9.96. The van der Waals surface area contributed by atoms with Gasteiger partial charge in [-0.2, -0.15) is 0 Å². The molecular weight excluding hydrogens is 334 g/mol. The zero-order valence-corrected chi connectivity index (χ0v) is 13.8. The topological polar surface area (TPSA) is 137 Å². The highest BCUT2D eigenvalue weighted by Gasteiger charge is 2.18. The van der Waals surface area contributed by atoms with Crippen LogP contribution in [0.1, 0.15) is 19.3 Å². The summed E-state index contributed by atoms with van der Waals surface area (Å²) >= 11 is 0. The zero-order chi connectivity index (χ0) is 17.2. The lowest BCUT2D eigenvalue weighted by Crippen LogP contribution is -2.33. The van der Waals surface area contributed by atoms with Gasteiger partial charge in [-0.3, -0.25) is 14.8 Å². The van der Waals surface area contributed by atoms with Crippen LogP contribution in [0.2, 0.25) is 0 Å². The largest absolute Gasteiger partial charge is 0.327 e. The molecule has 9 nitrogen and oxygen atoms in total. The molecule has 0 bridgehead atoms. The third-order valence-electron chi connectivity index (χ3n) is 4.12. The van der Waals surface area contributed by atoms with Crippen molar-refractivity contribution in [1.82, 2.24) is 25.0 Å². The number of rotatable bonds is 5. The molecule has 24 heavy (non-hydrogen) atoms. The Labute approximate surface area is 138 Å². The van der Waals surface area contributed by atoms with Gasteiger partial charge in [0.05, 0.1) is 5.39 Å². The molecule has 3 heterocycles. The highest BCUT2D eigenvalue weighted by Crippen LogP contribution is 2.15. The average Bonchev–Trinajstić information content (AvgIpc) is 2.55. The number of aromatic nitrogens is 3. The predicted molar refractivity (Wildman–Crippen MR) is 88.4 cm³/mol. The quantitative estimate of drug-likeness (QED) is 0.560. The molecule has 0 aliphatic carbocycles. The van der Waals surface area contributed by atoms with E-state index in [4.69, 9.17) is 0 Å². The van der Waals surface area contributed by atoms with Gasteiger partial charge >= 0.3 is 5.69 Å². The monoisotopic (exact) mass is 353 g/mol. The van der Waals surface area contributed by atoms with Crippen LogP contribution < -0.4 is 21.3 Å². The molecule has 1 atom stereocenters. The summed E-state index contributed by atoms with van der Waals surface area (Å²) in [7, 11) is -3.76. The Morgan fingerprint density at radius 3 is 2.88 bits per heavy atom. The Bertz CT molecular complexity index is 944. The van der Waals surface area contributed by atoms with Crippen molar-refractivity contribution in [2.45, 2.75) is 24.2 Å². The molecule has 0 spiro atoms. The van der Waals surface area contributed by atoms with Crippen LogP contribution in [0.15, 0.2) is 26.7 Å².